The van der Waals surface area contributed by atoms with E-state index in [1.54, 1.807) is 6.20 Å². The average Bonchev–Trinajstić information content (AvgIpc) is 3.07. The molecule has 5 nitrogen and oxygen atoms in total. The quantitative estimate of drug-likeness (QED) is 0.910. The minimum atomic E-state index is -0.445. The Hall–Kier alpha value is -2.14. The molecule has 1 amide bonds. The molecule has 1 aliphatic heterocycles. The van der Waals surface area contributed by atoms with E-state index in [4.69, 9.17) is 0 Å². The van der Waals surface area contributed by atoms with E-state index in [-0.39, 0.29) is 11.9 Å². The van der Waals surface area contributed by atoms with Gasteiger partial charge in [0.05, 0.1) is 17.2 Å². The Bertz CT molecular complexity index is 701. The maximum Gasteiger partial charge on any atom is 0.231 e. The van der Waals surface area contributed by atoms with Crippen LogP contribution in [0, 0.1) is 0 Å². The molecule has 1 atom stereocenters. The van der Waals surface area contributed by atoms with Crippen molar-refractivity contribution in [2.75, 3.05) is 20.1 Å². The number of piperidine rings is 1. The summed E-state index contributed by atoms with van der Waals surface area (Å²) in [7, 11) is 4.05. The molecule has 0 radical (unpaired) electrons. The molecule has 0 unspecified atom stereocenters. The van der Waals surface area contributed by atoms with Gasteiger partial charge in [0.25, 0.3) is 0 Å². The average molecular weight is 340 g/mol. The van der Waals surface area contributed by atoms with Crippen molar-refractivity contribution in [1.82, 2.24) is 20.0 Å². The maximum atomic E-state index is 13.4. The standard InChI is InChI=1S/C20H28N4O/c1-4-17(18-10-13-21-24(18)3)22-19(25)20(11-14-23(2)15-12-20)16-8-6-5-7-9-16/h5-10,13,17H,4,11-12,14-15H2,1-3H3,(H,22,25)/t17-/m0/s1. The second kappa shape index (κ2) is 7.40. The molecule has 0 spiro atoms. The SMILES string of the molecule is CC[C@H](NC(=O)C1(c2ccccc2)CCN(C)CC1)c1ccnn1C. The van der Waals surface area contributed by atoms with Crippen LogP contribution in [0.15, 0.2) is 42.6 Å². The first kappa shape index (κ1) is 17.7. The second-order valence-corrected chi connectivity index (χ2v) is 7.07. The smallest absolute Gasteiger partial charge is 0.231 e. The van der Waals surface area contributed by atoms with Gasteiger partial charge in [-0.25, -0.2) is 0 Å². The van der Waals surface area contributed by atoms with E-state index in [1.807, 2.05) is 36.0 Å². The minimum absolute atomic E-state index is 0.0137. The van der Waals surface area contributed by atoms with Gasteiger partial charge in [-0.05, 0) is 51.0 Å². The molecule has 5 heteroatoms. The normalized spacial score (nSPS) is 18.7. The molecule has 2 aromatic rings. The number of nitrogens with one attached hydrogen (secondary N) is 1. The van der Waals surface area contributed by atoms with Crippen LogP contribution in [0.2, 0.25) is 0 Å². The van der Waals surface area contributed by atoms with Gasteiger partial charge in [-0.3, -0.25) is 9.48 Å². The lowest BCUT2D eigenvalue weighted by Crippen LogP contribution is -2.51. The molecule has 1 N–H and O–H groups in total. The van der Waals surface area contributed by atoms with E-state index in [0.717, 1.165) is 43.6 Å². The third-order valence-corrected chi connectivity index (χ3v) is 5.53. The Balaban J connectivity index is 1.88. The van der Waals surface area contributed by atoms with Crippen molar-refractivity contribution >= 4 is 5.91 Å². The summed E-state index contributed by atoms with van der Waals surface area (Å²) in [5, 5.41) is 7.56. The molecule has 134 valence electrons. The number of hydrogen-bond acceptors (Lipinski definition) is 3. The molecule has 0 bridgehead atoms. The molecular formula is C20H28N4O. The van der Waals surface area contributed by atoms with Gasteiger partial charge < -0.3 is 10.2 Å². The lowest BCUT2D eigenvalue weighted by Gasteiger charge is -2.40. The number of nitrogens with zero attached hydrogens (tertiary/aromatic N) is 3. The molecule has 0 saturated carbocycles. The summed E-state index contributed by atoms with van der Waals surface area (Å²) < 4.78 is 1.85. The highest BCUT2D eigenvalue weighted by atomic mass is 16.2. The number of carbonyl (C=O) groups is 1. The fraction of sp³-hybridized carbons (Fsp3) is 0.500. The van der Waals surface area contributed by atoms with Crippen molar-refractivity contribution in [3.63, 3.8) is 0 Å². The second-order valence-electron chi connectivity index (χ2n) is 7.07. The maximum absolute atomic E-state index is 13.4. The van der Waals surface area contributed by atoms with Gasteiger partial charge in [-0.15, -0.1) is 0 Å². The molecule has 25 heavy (non-hydrogen) atoms. The van der Waals surface area contributed by atoms with Crippen LogP contribution in [0.4, 0.5) is 0 Å². The summed E-state index contributed by atoms with van der Waals surface area (Å²) in [4.78, 5) is 15.7. The van der Waals surface area contributed by atoms with E-state index < -0.39 is 5.41 Å². The first-order chi connectivity index (χ1) is 12.1. The van der Waals surface area contributed by atoms with Crippen LogP contribution >= 0.6 is 0 Å². The van der Waals surface area contributed by atoms with E-state index in [9.17, 15) is 4.79 Å². The van der Waals surface area contributed by atoms with Crippen molar-refractivity contribution < 1.29 is 4.79 Å². The summed E-state index contributed by atoms with van der Waals surface area (Å²) in [5.41, 5.74) is 1.73. The number of rotatable bonds is 5. The van der Waals surface area contributed by atoms with Gasteiger partial charge >= 0.3 is 0 Å². The predicted octanol–water partition coefficient (Wildman–Crippen LogP) is 2.65. The molecule has 1 aromatic carbocycles. The first-order valence-corrected chi connectivity index (χ1v) is 9.10. The monoisotopic (exact) mass is 340 g/mol. The summed E-state index contributed by atoms with van der Waals surface area (Å²) in [6, 6.07) is 12.2. The van der Waals surface area contributed by atoms with E-state index in [2.05, 4.69) is 41.4 Å². The molecule has 1 aliphatic rings. The largest absolute Gasteiger partial charge is 0.347 e. The molecule has 1 fully saturated rings. The van der Waals surface area contributed by atoms with Gasteiger partial charge in [-0.2, -0.15) is 5.10 Å². The summed E-state index contributed by atoms with van der Waals surface area (Å²) in [5.74, 6) is 0.139. The van der Waals surface area contributed by atoms with Crippen molar-refractivity contribution in [1.29, 1.82) is 0 Å². The van der Waals surface area contributed by atoms with Gasteiger partial charge in [0.2, 0.25) is 5.91 Å². The number of benzene rings is 1. The van der Waals surface area contributed by atoms with Crippen LogP contribution in [0.1, 0.15) is 43.5 Å². The van der Waals surface area contributed by atoms with Gasteiger partial charge in [0, 0.05) is 13.2 Å². The van der Waals surface area contributed by atoms with E-state index >= 15 is 0 Å². The third-order valence-electron chi connectivity index (χ3n) is 5.53. The van der Waals surface area contributed by atoms with Crippen LogP contribution < -0.4 is 5.32 Å². The van der Waals surface area contributed by atoms with Crippen LogP contribution in [-0.4, -0.2) is 40.7 Å². The minimum Gasteiger partial charge on any atom is -0.347 e. The summed E-state index contributed by atoms with van der Waals surface area (Å²) in [6.07, 6.45) is 4.32. The van der Waals surface area contributed by atoms with E-state index in [1.165, 1.54) is 0 Å². The zero-order chi connectivity index (χ0) is 17.9. The fourth-order valence-electron chi connectivity index (χ4n) is 3.81. The highest BCUT2D eigenvalue weighted by Crippen LogP contribution is 2.36. The number of hydrogen-bond donors (Lipinski definition) is 1. The number of aromatic nitrogens is 2. The topological polar surface area (TPSA) is 50.2 Å². The molecule has 1 aromatic heterocycles. The summed E-state index contributed by atoms with van der Waals surface area (Å²) in [6.45, 7) is 3.97. The van der Waals surface area contributed by atoms with Gasteiger partial charge in [0.15, 0.2) is 0 Å². The number of aryl methyl sites for hydroxylation is 1. The summed E-state index contributed by atoms with van der Waals surface area (Å²) >= 11 is 0. The van der Waals surface area contributed by atoms with Crippen LogP contribution in [0.25, 0.3) is 0 Å². The highest BCUT2D eigenvalue weighted by molar-refractivity contribution is 5.88. The lowest BCUT2D eigenvalue weighted by atomic mass is 9.72. The van der Waals surface area contributed by atoms with E-state index in [0.29, 0.717) is 0 Å². The Kier molecular flexibility index (Phi) is 5.23. The molecule has 1 saturated heterocycles. The van der Waals surface area contributed by atoms with Gasteiger partial charge in [0.1, 0.15) is 0 Å². The van der Waals surface area contributed by atoms with Crippen molar-refractivity contribution in [3.8, 4) is 0 Å². The zero-order valence-corrected chi connectivity index (χ0v) is 15.4. The number of likely N-dealkylation sites (tertiary alicyclic amines) is 1. The Morgan fingerprint density at radius 1 is 1.20 bits per heavy atom. The first-order valence-electron chi connectivity index (χ1n) is 9.10. The van der Waals surface area contributed by atoms with Crippen molar-refractivity contribution in [2.45, 2.75) is 37.6 Å². The van der Waals surface area contributed by atoms with Crippen LogP contribution in [0.3, 0.4) is 0 Å². The molecule has 0 aliphatic carbocycles. The lowest BCUT2D eigenvalue weighted by molar-refractivity contribution is -0.129. The molecular weight excluding hydrogens is 312 g/mol. The predicted molar refractivity (Wildman–Crippen MR) is 99.2 cm³/mol. The zero-order valence-electron chi connectivity index (χ0n) is 15.4. The molecule has 2 heterocycles. The third kappa shape index (κ3) is 3.47. The Morgan fingerprint density at radius 3 is 2.44 bits per heavy atom. The van der Waals surface area contributed by atoms with Crippen molar-refractivity contribution in [3.05, 3.63) is 53.9 Å². The van der Waals surface area contributed by atoms with Crippen molar-refractivity contribution in [2.24, 2.45) is 7.05 Å². The number of amides is 1. The Morgan fingerprint density at radius 2 is 1.88 bits per heavy atom. The fourth-order valence-corrected chi connectivity index (χ4v) is 3.81. The molecule has 3 rings (SSSR count). The highest BCUT2D eigenvalue weighted by Gasteiger charge is 2.42. The van der Waals surface area contributed by atoms with Gasteiger partial charge in [-0.1, -0.05) is 37.3 Å². The Labute approximate surface area is 150 Å². The van der Waals surface area contributed by atoms with Crippen LogP contribution in [-0.2, 0) is 17.3 Å². The van der Waals surface area contributed by atoms with Crippen LogP contribution in [0.5, 0.6) is 0 Å². The number of carbonyl (C=O) groups excluding carboxylic acids is 1.